The van der Waals surface area contributed by atoms with E-state index in [9.17, 15) is 4.79 Å². The maximum atomic E-state index is 11.1. The number of hydrogen-bond acceptors (Lipinski definition) is 12. The fourth-order valence-corrected chi connectivity index (χ4v) is 9.60. The Bertz CT molecular complexity index is 4550. The molecule has 103 heavy (non-hydrogen) atoms. The van der Waals surface area contributed by atoms with Crippen LogP contribution in [0.4, 0.5) is 11.4 Å². The second-order valence-electron chi connectivity index (χ2n) is 22.8. The van der Waals surface area contributed by atoms with Crippen molar-refractivity contribution in [2.24, 2.45) is 10.9 Å². The molecule has 0 saturated heterocycles. The minimum absolute atomic E-state index is 0.0691. The number of nitrogens with two attached hydrogens (primary N) is 1. The van der Waals surface area contributed by atoms with Crippen molar-refractivity contribution in [3.63, 3.8) is 0 Å². The fourth-order valence-electron chi connectivity index (χ4n) is 9.60. The van der Waals surface area contributed by atoms with Crippen LogP contribution in [0.1, 0.15) is 70.1 Å². The summed E-state index contributed by atoms with van der Waals surface area (Å²) in [4.78, 5) is 23.6. The number of hydrazine groups is 1. The Morgan fingerprint density at radius 1 is 0.388 bits per heavy atom. The van der Waals surface area contributed by atoms with Crippen LogP contribution >= 0.6 is 19.4 Å². The minimum atomic E-state index is -0.931. The zero-order valence-electron chi connectivity index (χ0n) is 57.6. The Balaban J connectivity index is 0.000000175. The number of carbonyl (C=O) groups excluding carboxylic acids is 1. The molecule has 0 spiro atoms. The number of carboxylic acid groups (broad SMARTS) is 1. The summed E-state index contributed by atoms with van der Waals surface area (Å²) in [6.07, 6.45) is 0. The second kappa shape index (κ2) is 43.9. The van der Waals surface area contributed by atoms with Crippen LogP contribution in [0.2, 0.25) is 0 Å². The van der Waals surface area contributed by atoms with E-state index in [1.807, 2.05) is 244 Å². The van der Waals surface area contributed by atoms with E-state index >= 15 is 0 Å². The first kappa shape index (κ1) is 77.3. The Labute approximate surface area is 618 Å². The zero-order valence-corrected chi connectivity index (χ0v) is 62.1. The number of carboxylic acids is 1. The average molecular weight is 1460 g/mol. The van der Waals surface area contributed by atoms with Crippen LogP contribution in [0.15, 0.2) is 333 Å². The monoisotopic (exact) mass is 1460 g/mol. The summed E-state index contributed by atoms with van der Waals surface area (Å²) < 4.78 is 34.8. The standard InChI is InChI=1S/C28H26N2O2.C28H23NO2.C15H14O2.C13H14N2O.C2H4O2.2ClH.Zn/c1-22(25-12-16-27(17-13-25)31-20-23-8-4-2-5-9-23)29-30-26-14-18-28(19-15-26)32-21-24-10-6-3-7-11-24;1-3-7-21(8-4-1)19-30-25-13-11-23(12-14-25)28-18-24-17-26(15-16-27(24)29-28)31-20-22-9-5-2-6-10-22;1-12(16)14-7-9-15(10-8-14)17-11-13-5-3-2-4-6-13;14-15-12-6-8-13(9-7-12)16-10-11-4-2-1-3-5-11;1-2(3)4;;;/h2-19,30H,20-21H2,1H3;1-18,29H,19-20H2;2-10H,11H2,1H3;1-9,15H,10,14H2;1H3,(H,3,4);2*1H;/q;;;;;;;+2/p-2/b29-22+;;;;;;;. The molecule has 0 aliphatic heterocycles. The quantitative estimate of drug-likeness (QED) is 0.0127. The number of H-pyrrole nitrogens is 1. The number of nitrogen functional groups attached to an aromatic ring is 1. The number of nitrogens with one attached hydrogen (secondary N) is 3. The number of carbonyl (C=O) groups is 2. The van der Waals surface area contributed by atoms with Gasteiger partial charge in [0, 0.05) is 34.8 Å². The van der Waals surface area contributed by atoms with Crippen molar-refractivity contribution < 1.29 is 58.3 Å². The largest absolute Gasteiger partial charge is 0.489 e. The van der Waals surface area contributed by atoms with Crippen LogP contribution in [0, 0.1) is 0 Å². The summed E-state index contributed by atoms with van der Waals surface area (Å²) >= 11 is -0.931. The predicted molar refractivity (Wildman–Crippen MR) is 413 cm³/mol. The van der Waals surface area contributed by atoms with Gasteiger partial charge in [0.2, 0.25) is 0 Å². The van der Waals surface area contributed by atoms with Crippen LogP contribution in [0.5, 0.6) is 34.5 Å². The van der Waals surface area contributed by atoms with Gasteiger partial charge in [-0.05, 0) is 204 Å². The molecule has 0 unspecified atom stereocenters. The smallest absolute Gasteiger partial charge is 0.120 e. The number of benzene rings is 12. The number of ether oxygens (including phenoxy) is 6. The summed E-state index contributed by atoms with van der Waals surface area (Å²) in [5, 5.41) is 13.0. The molecule has 0 radical (unpaired) electrons. The van der Waals surface area contributed by atoms with Crippen LogP contribution in [-0.4, -0.2) is 27.6 Å². The summed E-state index contributed by atoms with van der Waals surface area (Å²) in [7, 11) is 9.90. The van der Waals surface area contributed by atoms with Gasteiger partial charge in [-0.2, -0.15) is 5.10 Å². The Morgan fingerprint density at radius 2 is 0.670 bits per heavy atom. The Hall–Kier alpha value is -11.4. The van der Waals surface area contributed by atoms with Crippen molar-refractivity contribution in [2.75, 3.05) is 10.9 Å². The van der Waals surface area contributed by atoms with Crippen molar-refractivity contribution in [1.29, 1.82) is 0 Å². The number of nitrogens with zero attached hydrogens (tertiary/aromatic N) is 1. The molecule has 520 valence electrons. The molecule has 0 amide bonds. The van der Waals surface area contributed by atoms with Gasteiger partial charge in [-0.1, -0.05) is 182 Å². The van der Waals surface area contributed by atoms with Crippen LogP contribution in [0.25, 0.3) is 22.2 Å². The molecule has 6 N–H and O–H groups in total. The summed E-state index contributed by atoms with van der Waals surface area (Å²) in [6.45, 7) is 7.97. The van der Waals surface area contributed by atoms with Gasteiger partial charge in [-0.3, -0.25) is 20.9 Å². The molecule has 17 heteroatoms. The number of fused-ring (bicyclic) bond motifs is 1. The van der Waals surface area contributed by atoms with Gasteiger partial charge in [0.1, 0.15) is 74.1 Å². The normalized spacial score (nSPS) is 10.2. The summed E-state index contributed by atoms with van der Waals surface area (Å²) in [6, 6.07) is 108. The van der Waals surface area contributed by atoms with Gasteiger partial charge in [0.05, 0.1) is 11.4 Å². The van der Waals surface area contributed by atoms with E-state index in [0.717, 1.165) is 120 Å². The SMILES string of the molecule is C/C(=N\Nc1ccc(OCc2ccccc2)cc1)c1ccc(OCc2ccccc2)cc1.CC(=O)O.CC(=O)c1ccc(OCc2ccccc2)cc1.NNc1ccc(OCc2ccccc2)cc1.[Cl][Zn][Cl].c1ccc(COc2ccc(-c3cc4cc(OCc5ccccc5)ccc4[nH]3)cc2)cc1. The molecule has 1 aromatic heterocycles. The molecular weight excluding hydrogens is 1380 g/mol. The number of Topliss-reactive ketones (excluding diaryl/α,β-unsaturated/α-hetero) is 1. The molecular formula is C86H81Cl2N5O9Zn. The van der Waals surface area contributed by atoms with Crippen LogP contribution in [-0.2, 0) is 59.6 Å². The molecule has 0 bridgehead atoms. The van der Waals surface area contributed by atoms with Gasteiger partial charge < -0.3 is 43.9 Å². The fraction of sp³-hybridized carbons (Fsp3) is 0.105. The predicted octanol–water partition coefficient (Wildman–Crippen LogP) is 21.2. The maximum Gasteiger partial charge on any atom is 0.120 e. The molecule has 0 fully saturated rings. The Kier molecular flexibility index (Phi) is 33.0. The van der Waals surface area contributed by atoms with Gasteiger partial charge in [-0.15, -0.1) is 0 Å². The van der Waals surface area contributed by atoms with Gasteiger partial charge >= 0.3 is 34.5 Å². The third-order valence-corrected chi connectivity index (χ3v) is 15.0. The molecule has 0 atom stereocenters. The molecule has 13 aromatic rings. The number of anilines is 2. The molecule has 0 saturated carbocycles. The van der Waals surface area contributed by atoms with Crippen molar-refractivity contribution in [1.82, 2.24) is 4.98 Å². The molecule has 0 aliphatic carbocycles. The average Bonchev–Trinajstić information content (AvgIpc) is 1.67. The second-order valence-corrected chi connectivity index (χ2v) is 27.5. The van der Waals surface area contributed by atoms with Gasteiger partial charge in [-0.25, -0.2) is 0 Å². The Morgan fingerprint density at radius 3 is 0.990 bits per heavy atom. The molecule has 14 nitrogen and oxygen atoms in total. The minimum Gasteiger partial charge on any atom is -0.489 e. The van der Waals surface area contributed by atoms with E-state index in [4.69, 9.17) is 63.5 Å². The number of aromatic nitrogens is 1. The van der Waals surface area contributed by atoms with E-state index in [2.05, 4.69) is 99.8 Å². The first-order valence-electron chi connectivity index (χ1n) is 33.1. The molecule has 0 aliphatic rings. The third-order valence-electron chi connectivity index (χ3n) is 15.0. The first-order valence-corrected chi connectivity index (χ1v) is 40.9. The number of aromatic amines is 1. The van der Waals surface area contributed by atoms with Crippen molar-refractivity contribution in [3.05, 3.63) is 372 Å². The van der Waals surface area contributed by atoms with E-state index in [1.54, 1.807) is 19.1 Å². The number of aliphatic carboxylic acids is 1. The van der Waals surface area contributed by atoms with Crippen LogP contribution < -0.4 is 45.1 Å². The number of halogens is 2. The van der Waals surface area contributed by atoms with Gasteiger partial charge in [0.25, 0.3) is 5.97 Å². The van der Waals surface area contributed by atoms with Crippen molar-refractivity contribution >= 4 is 59.1 Å². The van der Waals surface area contributed by atoms with E-state index in [-0.39, 0.29) is 5.78 Å². The van der Waals surface area contributed by atoms with Crippen LogP contribution in [0.3, 0.4) is 0 Å². The van der Waals surface area contributed by atoms with E-state index < -0.39 is 21.1 Å². The number of hydrogen-bond donors (Lipinski definition) is 5. The molecule has 13 rings (SSSR count). The maximum absolute atomic E-state index is 11.1. The summed E-state index contributed by atoms with van der Waals surface area (Å²) in [5.74, 6) is 9.51. The number of ketones is 1. The van der Waals surface area contributed by atoms with E-state index in [1.165, 1.54) is 0 Å². The van der Waals surface area contributed by atoms with E-state index in [0.29, 0.717) is 45.2 Å². The number of hydrazone groups is 1. The summed E-state index contributed by atoms with van der Waals surface area (Å²) in [5.41, 5.74) is 20.3. The topological polar surface area (TPSA) is 188 Å². The van der Waals surface area contributed by atoms with Crippen molar-refractivity contribution in [3.8, 4) is 45.8 Å². The van der Waals surface area contributed by atoms with Crippen molar-refractivity contribution in [2.45, 2.75) is 60.4 Å². The molecule has 12 aromatic carbocycles. The number of rotatable bonds is 24. The first-order chi connectivity index (χ1) is 50.4. The van der Waals surface area contributed by atoms with Gasteiger partial charge in [0.15, 0.2) is 5.78 Å². The third kappa shape index (κ3) is 29.0. The zero-order chi connectivity index (χ0) is 72.5. The molecule has 1 heterocycles.